The summed E-state index contributed by atoms with van der Waals surface area (Å²) in [7, 11) is 1.86. The lowest BCUT2D eigenvalue weighted by atomic mass is 10.1. The van der Waals surface area contributed by atoms with Crippen LogP contribution in [0.25, 0.3) is 0 Å². The third-order valence-electron chi connectivity index (χ3n) is 3.19. The Labute approximate surface area is 125 Å². The van der Waals surface area contributed by atoms with Crippen LogP contribution in [-0.4, -0.2) is 12.6 Å². The van der Waals surface area contributed by atoms with Crippen LogP contribution in [0.15, 0.2) is 41.0 Å². The quantitative estimate of drug-likeness (QED) is 0.904. The Morgan fingerprint density at radius 2 is 1.95 bits per heavy atom. The van der Waals surface area contributed by atoms with Gasteiger partial charge in [0.1, 0.15) is 11.6 Å². The van der Waals surface area contributed by atoms with Gasteiger partial charge in [-0.15, -0.1) is 0 Å². The molecule has 0 atom stereocenters. The standard InChI is InChI=1S/C17H23FN2O/c1-17(2,3)19-10-13-9-14(21-12-13)11-20(4)16-8-6-5-7-15(16)18/h5-9,12,19H,10-11H2,1-4H3. The number of anilines is 1. The van der Waals surface area contributed by atoms with Gasteiger partial charge in [0.2, 0.25) is 0 Å². The summed E-state index contributed by atoms with van der Waals surface area (Å²) in [5, 5.41) is 3.41. The number of rotatable bonds is 5. The summed E-state index contributed by atoms with van der Waals surface area (Å²) in [4.78, 5) is 1.84. The zero-order valence-electron chi connectivity index (χ0n) is 13.1. The third-order valence-corrected chi connectivity index (χ3v) is 3.19. The molecule has 1 aromatic heterocycles. The molecule has 0 bridgehead atoms. The lowest BCUT2D eigenvalue weighted by molar-refractivity contribution is 0.422. The van der Waals surface area contributed by atoms with Crippen LogP contribution in [0.4, 0.5) is 10.1 Å². The molecule has 0 aliphatic carbocycles. The van der Waals surface area contributed by atoms with Crippen molar-refractivity contribution in [2.24, 2.45) is 0 Å². The van der Waals surface area contributed by atoms with Crippen LogP contribution < -0.4 is 10.2 Å². The molecule has 0 saturated heterocycles. The third kappa shape index (κ3) is 4.60. The van der Waals surface area contributed by atoms with Crippen molar-refractivity contribution in [1.29, 1.82) is 0 Å². The van der Waals surface area contributed by atoms with Gasteiger partial charge in [-0.2, -0.15) is 0 Å². The number of hydrogen-bond acceptors (Lipinski definition) is 3. The van der Waals surface area contributed by atoms with Crippen molar-refractivity contribution in [2.45, 2.75) is 39.4 Å². The molecule has 3 nitrogen and oxygen atoms in total. The summed E-state index contributed by atoms with van der Waals surface area (Å²) in [5.74, 6) is 0.604. The Kier molecular flexibility index (Phi) is 4.68. The summed E-state index contributed by atoms with van der Waals surface area (Å²) in [6.45, 7) is 7.67. The van der Waals surface area contributed by atoms with E-state index in [0.717, 1.165) is 17.9 Å². The first kappa shape index (κ1) is 15.6. The van der Waals surface area contributed by atoms with Gasteiger partial charge in [-0.3, -0.25) is 0 Å². The number of nitrogens with zero attached hydrogens (tertiary/aromatic N) is 1. The molecule has 0 aliphatic rings. The van der Waals surface area contributed by atoms with Crippen molar-refractivity contribution in [1.82, 2.24) is 5.32 Å². The summed E-state index contributed by atoms with van der Waals surface area (Å²) in [6, 6.07) is 8.76. The van der Waals surface area contributed by atoms with Gasteiger partial charge in [-0.1, -0.05) is 12.1 Å². The summed E-state index contributed by atoms with van der Waals surface area (Å²) in [5.41, 5.74) is 1.74. The van der Waals surface area contributed by atoms with Gasteiger partial charge >= 0.3 is 0 Å². The average Bonchev–Trinajstić information content (AvgIpc) is 2.83. The van der Waals surface area contributed by atoms with Gasteiger partial charge in [0.15, 0.2) is 0 Å². The molecule has 0 radical (unpaired) electrons. The zero-order valence-corrected chi connectivity index (χ0v) is 13.1. The molecule has 2 rings (SSSR count). The van der Waals surface area contributed by atoms with Crippen molar-refractivity contribution in [3.63, 3.8) is 0 Å². The van der Waals surface area contributed by atoms with E-state index >= 15 is 0 Å². The number of nitrogens with one attached hydrogen (secondary N) is 1. The largest absolute Gasteiger partial charge is 0.467 e. The number of benzene rings is 1. The van der Waals surface area contributed by atoms with E-state index < -0.39 is 0 Å². The van der Waals surface area contributed by atoms with Crippen LogP contribution >= 0.6 is 0 Å². The Bertz CT molecular complexity index is 586. The lowest BCUT2D eigenvalue weighted by Crippen LogP contribution is -2.34. The average molecular weight is 290 g/mol. The molecule has 0 spiro atoms. The Balaban J connectivity index is 1.98. The molecule has 114 valence electrons. The van der Waals surface area contributed by atoms with Gasteiger partial charge in [0.05, 0.1) is 18.5 Å². The minimum Gasteiger partial charge on any atom is -0.467 e. The minimum atomic E-state index is -0.221. The highest BCUT2D eigenvalue weighted by Gasteiger charge is 2.12. The number of hydrogen-bond donors (Lipinski definition) is 1. The highest BCUT2D eigenvalue weighted by atomic mass is 19.1. The van der Waals surface area contributed by atoms with Crippen LogP contribution in [0.1, 0.15) is 32.1 Å². The second-order valence-electron chi connectivity index (χ2n) is 6.33. The van der Waals surface area contributed by atoms with E-state index in [1.54, 1.807) is 18.4 Å². The highest BCUT2D eigenvalue weighted by Crippen LogP contribution is 2.20. The molecule has 0 unspecified atom stereocenters. The zero-order chi connectivity index (χ0) is 15.5. The van der Waals surface area contributed by atoms with Crippen LogP contribution in [0.5, 0.6) is 0 Å². The van der Waals surface area contributed by atoms with Crippen molar-refractivity contribution < 1.29 is 8.81 Å². The fourth-order valence-corrected chi connectivity index (χ4v) is 2.05. The summed E-state index contributed by atoms with van der Waals surface area (Å²) in [6.07, 6.45) is 1.75. The molecular weight excluding hydrogens is 267 g/mol. The van der Waals surface area contributed by atoms with Gasteiger partial charge in [0, 0.05) is 24.7 Å². The van der Waals surface area contributed by atoms with Crippen molar-refractivity contribution in [3.05, 3.63) is 53.7 Å². The number of halogens is 1. The van der Waals surface area contributed by atoms with Crippen LogP contribution in [0, 0.1) is 5.82 Å². The molecule has 1 heterocycles. The maximum Gasteiger partial charge on any atom is 0.146 e. The Hall–Kier alpha value is -1.81. The topological polar surface area (TPSA) is 28.4 Å². The lowest BCUT2D eigenvalue weighted by Gasteiger charge is -2.19. The summed E-state index contributed by atoms with van der Waals surface area (Å²) < 4.78 is 19.3. The van der Waals surface area contributed by atoms with Crippen molar-refractivity contribution in [3.8, 4) is 0 Å². The number of furan rings is 1. The predicted molar refractivity (Wildman–Crippen MR) is 83.8 cm³/mol. The Morgan fingerprint density at radius 3 is 2.62 bits per heavy atom. The first-order valence-corrected chi connectivity index (χ1v) is 7.12. The Morgan fingerprint density at radius 1 is 1.24 bits per heavy atom. The molecule has 0 aliphatic heterocycles. The van der Waals surface area contributed by atoms with Gasteiger partial charge < -0.3 is 14.6 Å². The SMILES string of the molecule is CN(Cc1cc(CNC(C)(C)C)co1)c1ccccc1F. The van der Waals surface area contributed by atoms with Gasteiger partial charge in [-0.05, 0) is 39.0 Å². The van der Waals surface area contributed by atoms with E-state index in [-0.39, 0.29) is 11.4 Å². The highest BCUT2D eigenvalue weighted by molar-refractivity contribution is 5.46. The normalized spacial score (nSPS) is 11.7. The maximum atomic E-state index is 13.7. The number of para-hydroxylation sites is 1. The predicted octanol–water partition coefficient (Wildman–Crippen LogP) is 3.94. The molecule has 4 heteroatoms. The molecule has 1 N–H and O–H groups in total. The first-order valence-electron chi connectivity index (χ1n) is 7.12. The van der Waals surface area contributed by atoms with E-state index in [1.807, 2.05) is 24.1 Å². The van der Waals surface area contributed by atoms with E-state index in [2.05, 4.69) is 26.1 Å². The fourth-order valence-electron chi connectivity index (χ4n) is 2.05. The molecule has 2 aromatic rings. The molecule has 1 aromatic carbocycles. The fraction of sp³-hybridized carbons (Fsp3) is 0.412. The molecule has 0 fully saturated rings. The monoisotopic (exact) mass is 290 g/mol. The van der Waals surface area contributed by atoms with Crippen LogP contribution in [0.2, 0.25) is 0 Å². The minimum absolute atomic E-state index is 0.0708. The van der Waals surface area contributed by atoms with E-state index in [9.17, 15) is 4.39 Å². The summed E-state index contributed by atoms with van der Waals surface area (Å²) >= 11 is 0. The first-order chi connectivity index (χ1) is 9.85. The second kappa shape index (κ2) is 6.31. The maximum absolute atomic E-state index is 13.7. The van der Waals surface area contributed by atoms with Crippen LogP contribution in [0.3, 0.4) is 0 Å². The molecule has 21 heavy (non-hydrogen) atoms. The van der Waals surface area contributed by atoms with Gasteiger partial charge in [0.25, 0.3) is 0 Å². The van der Waals surface area contributed by atoms with Crippen molar-refractivity contribution >= 4 is 5.69 Å². The second-order valence-corrected chi connectivity index (χ2v) is 6.33. The molecular formula is C17H23FN2O. The van der Waals surface area contributed by atoms with Gasteiger partial charge in [-0.25, -0.2) is 4.39 Å². The van der Waals surface area contributed by atoms with Crippen LogP contribution in [-0.2, 0) is 13.1 Å². The van der Waals surface area contributed by atoms with E-state index in [0.29, 0.717) is 12.2 Å². The van der Waals surface area contributed by atoms with E-state index in [4.69, 9.17) is 4.42 Å². The molecule has 0 amide bonds. The smallest absolute Gasteiger partial charge is 0.146 e. The van der Waals surface area contributed by atoms with E-state index in [1.165, 1.54) is 6.07 Å². The molecule has 0 saturated carbocycles. The van der Waals surface area contributed by atoms with Crippen molar-refractivity contribution in [2.75, 3.05) is 11.9 Å².